The fourth-order valence-electron chi connectivity index (χ4n) is 0.697. The lowest BCUT2D eigenvalue weighted by Crippen LogP contribution is -1.97. The summed E-state index contributed by atoms with van der Waals surface area (Å²) in [4.78, 5) is 9.89. The van der Waals surface area contributed by atoms with Crippen LogP contribution in [0.5, 0.6) is 5.75 Å². The molecule has 0 saturated heterocycles. The molecule has 0 fully saturated rings. The Morgan fingerprint density at radius 2 is 2.33 bits per heavy atom. The van der Waals surface area contributed by atoms with Gasteiger partial charge in [-0.2, -0.15) is 0 Å². The fourth-order valence-corrected chi connectivity index (χ4v) is 0.814. The average Bonchev–Trinajstić information content (AvgIpc) is 2.07. The minimum Gasteiger partial charge on any atom is -0.486 e. The minimum atomic E-state index is -0.555. The molecule has 0 aromatic heterocycles. The number of rotatable bonds is 3. The first-order valence-corrected chi connectivity index (χ1v) is 3.63. The van der Waals surface area contributed by atoms with E-state index < -0.39 is 5.82 Å². The summed E-state index contributed by atoms with van der Waals surface area (Å²) in [5.74, 6) is -0.260. The molecule has 0 aliphatic carbocycles. The van der Waals surface area contributed by atoms with E-state index in [1.165, 1.54) is 12.1 Å². The van der Waals surface area contributed by atoms with Crippen LogP contribution in [0.15, 0.2) is 18.2 Å². The maximum absolute atomic E-state index is 12.7. The summed E-state index contributed by atoms with van der Waals surface area (Å²) in [5.41, 5.74) is 0. The van der Waals surface area contributed by atoms with Crippen molar-refractivity contribution in [1.29, 1.82) is 0 Å². The SMILES string of the molecule is O=CCOc1ccc(Cl)c(F)c1. The van der Waals surface area contributed by atoms with E-state index in [9.17, 15) is 9.18 Å². The molecule has 0 unspecified atom stereocenters. The van der Waals surface area contributed by atoms with Crippen LogP contribution in [0.25, 0.3) is 0 Å². The summed E-state index contributed by atoms with van der Waals surface area (Å²) in [7, 11) is 0. The lowest BCUT2D eigenvalue weighted by molar-refractivity contribution is -0.109. The van der Waals surface area contributed by atoms with Gasteiger partial charge in [0.25, 0.3) is 0 Å². The van der Waals surface area contributed by atoms with Gasteiger partial charge in [-0.1, -0.05) is 11.6 Å². The smallest absolute Gasteiger partial charge is 0.157 e. The molecule has 0 aliphatic rings. The third kappa shape index (κ3) is 2.20. The van der Waals surface area contributed by atoms with Crippen molar-refractivity contribution in [3.05, 3.63) is 29.0 Å². The summed E-state index contributed by atoms with van der Waals surface area (Å²) < 4.78 is 17.5. The highest BCUT2D eigenvalue weighted by molar-refractivity contribution is 6.30. The highest BCUT2D eigenvalue weighted by atomic mass is 35.5. The standard InChI is InChI=1S/C8H6ClFO2/c9-7-2-1-6(5-8(7)10)12-4-3-11/h1-3,5H,4H2. The average molecular weight is 189 g/mol. The number of hydrogen-bond acceptors (Lipinski definition) is 2. The van der Waals surface area contributed by atoms with Crippen molar-refractivity contribution < 1.29 is 13.9 Å². The molecule has 1 aromatic rings. The van der Waals surface area contributed by atoms with E-state index in [-0.39, 0.29) is 11.6 Å². The maximum atomic E-state index is 12.7. The molecule has 12 heavy (non-hydrogen) atoms. The third-order valence-corrected chi connectivity index (χ3v) is 1.52. The van der Waals surface area contributed by atoms with Crippen LogP contribution in [0.3, 0.4) is 0 Å². The van der Waals surface area contributed by atoms with Gasteiger partial charge < -0.3 is 4.74 Å². The van der Waals surface area contributed by atoms with Crippen LogP contribution in [-0.2, 0) is 4.79 Å². The van der Waals surface area contributed by atoms with Gasteiger partial charge in [0.1, 0.15) is 18.2 Å². The van der Waals surface area contributed by atoms with E-state index in [1.807, 2.05) is 0 Å². The van der Waals surface area contributed by atoms with Crippen LogP contribution in [-0.4, -0.2) is 12.9 Å². The number of aldehydes is 1. The molecular formula is C8H6ClFO2. The molecule has 0 atom stereocenters. The molecule has 0 heterocycles. The van der Waals surface area contributed by atoms with E-state index in [0.29, 0.717) is 12.0 Å². The third-order valence-electron chi connectivity index (χ3n) is 1.21. The monoisotopic (exact) mass is 188 g/mol. The number of carbonyl (C=O) groups is 1. The van der Waals surface area contributed by atoms with E-state index in [2.05, 4.69) is 0 Å². The molecule has 4 heteroatoms. The molecule has 1 rings (SSSR count). The van der Waals surface area contributed by atoms with Crippen molar-refractivity contribution >= 4 is 17.9 Å². The number of benzene rings is 1. The van der Waals surface area contributed by atoms with E-state index in [0.717, 1.165) is 6.07 Å². The van der Waals surface area contributed by atoms with E-state index in [1.54, 1.807) is 0 Å². The second-order valence-corrected chi connectivity index (χ2v) is 2.46. The Labute approximate surface area is 73.9 Å². The van der Waals surface area contributed by atoms with Crippen LogP contribution in [0.2, 0.25) is 5.02 Å². The van der Waals surface area contributed by atoms with Gasteiger partial charge in [-0.25, -0.2) is 4.39 Å². The molecule has 0 bridgehead atoms. The number of halogens is 2. The van der Waals surface area contributed by atoms with Crippen molar-refractivity contribution in [2.24, 2.45) is 0 Å². The van der Waals surface area contributed by atoms with Crippen molar-refractivity contribution in [3.8, 4) is 5.75 Å². The Balaban J connectivity index is 2.75. The molecule has 64 valence electrons. The van der Waals surface area contributed by atoms with Crippen LogP contribution < -0.4 is 4.74 Å². The summed E-state index contributed by atoms with van der Waals surface area (Å²) in [6.45, 7) is -0.0823. The lowest BCUT2D eigenvalue weighted by atomic mass is 10.3. The Kier molecular flexibility index (Phi) is 3.05. The van der Waals surface area contributed by atoms with Gasteiger partial charge in [-0.3, -0.25) is 4.79 Å². The predicted octanol–water partition coefficient (Wildman–Crippen LogP) is 2.06. The highest BCUT2D eigenvalue weighted by Gasteiger charge is 2.00. The molecular weight excluding hydrogens is 183 g/mol. The number of ether oxygens (including phenoxy) is 1. The zero-order valence-corrected chi connectivity index (χ0v) is 6.84. The summed E-state index contributed by atoms with van der Waals surface area (Å²) >= 11 is 5.41. The van der Waals surface area contributed by atoms with Gasteiger partial charge in [0.05, 0.1) is 5.02 Å². The molecule has 1 aromatic carbocycles. The first kappa shape index (κ1) is 9.00. The molecule has 0 spiro atoms. The van der Waals surface area contributed by atoms with Gasteiger partial charge >= 0.3 is 0 Å². The molecule has 0 aliphatic heterocycles. The molecule has 2 nitrogen and oxygen atoms in total. The van der Waals surface area contributed by atoms with Crippen molar-refractivity contribution in [2.45, 2.75) is 0 Å². The number of hydrogen-bond donors (Lipinski definition) is 0. The molecule has 0 saturated carbocycles. The second-order valence-electron chi connectivity index (χ2n) is 2.05. The van der Waals surface area contributed by atoms with Crippen molar-refractivity contribution in [3.63, 3.8) is 0 Å². The topological polar surface area (TPSA) is 26.3 Å². The predicted molar refractivity (Wildman–Crippen MR) is 43.0 cm³/mol. The van der Waals surface area contributed by atoms with E-state index >= 15 is 0 Å². The minimum absolute atomic E-state index is 0.0356. The summed E-state index contributed by atoms with van der Waals surface area (Å²) in [5, 5.41) is 0.0356. The van der Waals surface area contributed by atoms with Crippen molar-refractivity contribution in [1.82, 2.24) is 0 Å². The highest BCUT2D eigenvalue weighted by Crippen LogP contribution is 2.19. The second kappa shape index (κ2) is 4.07. The summed E-state index contributed by atoms with van der Waals surface area (Å²) in [6, 6.07) is 4.00. The number of carbonyl (C=O) groups excluding carboxylic acids is 1. The first-order valence-electron chi connectivity index (χ1n) is 3.25. The lowest BCUT2D eigenvalue weighted by Gasteiger charge is -2.01. The molecule has 0 N–H and O–H groups in total. The fraction of sp³-hybridized carbons (Fsp3) is 0.125. The Hall–Kier alpha value is -1.09. The van der Waals surface area contributed by atoms with Crippen LogP contribution in [0.1, 0.15) is 0 Å². The Morgan fingerprint density at radius 1 is 1.58 bits per heavy atom. The van der Waals surface area contributed by atoms with Gasteiger partial charge in [0.15, 0.2) is 6.29 Å². The normalized spacial score (nSPS) is 9.50. The largest absolute Gasteiger partial charge is 0.486 e. The van der Waals surface area contributed by atoms with Gasteiger partial charge in [-0.15, -0.1) is 0 Å². The summed E-state index contributed by atoms with van der Waals surface area (Å²) in [6.07, 6.45) is 0.590. The zero-order valence-electron chi connectivity index (χ0n) is 6.09. The van der Waals surface area contributed by atoms with Crippen molar-refractivity contribution in [2.75, 3.05) is 6.61 Å². The van der Waals surface area contributed by atoms with Crippen LogP contribution >= 0.6 is 11.6 Å². The first-order chi connectivity index (χ1) is 5.74. The van der Waals surface area contributed by atoms with Crippen LogP contribution in [0.4, 0.5) is 4.39 Å². The van der Waals surface area contributed by atoms with Crippen LogP contribution in [0, 0.1) is 5.82 Å². The maximum Gasteiger partial charge on any atom is 0.157 e. The Morgan fingerprint density at radius 3 is 2.92 bits per heavy atom. The van der Waals surface area contributed by atoms with Gasteiger partial charge in [0, 0.05) is 6.07 Å². The van der Waals surface area contributed by atoms with Gasteiger partial charge in [0.2, 0.25) is 0 Å². The zero-order chi connectivity index (χ0) is 8.97. The molecule has 0 amide bonds. The molecule has 0 radical (unpaired) electrons. The van der Waals surface area contributed by atoms with Gasteiger partial charge in [-0.05, 0) is 12.1 Å². The quantitative estimate of drug-likeness (QED) is 0.679. The Bertz CT molecular complexity index is 288. The van der Waals surface area contributed by atoms with E-state index in [4.69, 9.17) is 16.3 Å².